The van der Waals surface area contributed by atoms with E-state index in [9.17, 15) is 9.59 Å². The number of anilines is 1. The first-order valence-corrected chi connectivity index (χ1v) is 8.27. The van der Waals surface area contributed by atoms with Gasteiger partial charge in [-0.25, -0.2) is 4.79 Å². The van der Waals surface area contributed by atoms with Crippen LogP contribution in [0.15, 0.2) is 27.1 Å². The standard InChI is InChI=1S/C14H16Br2N2O3/c15-10-3-4-11(16)12(7-10)17-14(21)18-5-1-2-9(8-18)6-13(19)20/h3-4,7,9H,1-2,5-6,8H2,(H,17,21)(H,19,20). The molecule has 2 N–H and O–H groups in total. The molecule has 5 nitrogen and oxygen atoms in total. The third kappa shape index (κ3) is 4.71. The van der Waals surface area contributed by atoms with E-state index in [1.807, 2.05) is 18.2 Å². The lowest BCUT2D eigenvalue weighted by molar-refractivity contribution is -0.138. The van der Waals surface area contributed by atoms with Crippen LogP contribution in [-0.4, -0.2) is 35.1 Å². The van der Waals surface area contributed by atoms with Gasteiger partial charge in [0.05, 0.1) is 5.69 Å². The Bertz CT molecular complexity index is 551. The fourth-order valence-electron chi connectivity index (χ4n) is 2.45. The molecule has 1 aromatic carbocycles. The Labute approximate surface area is 140 Å². The van der Waals surface area contributed by atoms with E-state index in [1.54, 1.807) is 4.90 Å². The molecule has 0 spiro atoms. The average molecular weight is 420 g/mol. The number of rotatable bonds is 3. The lowest BCUT2D eigenvalue weighted by atomic mass is 9.95. The minimum Gasteiger partial charge on any atom is -0.481 e. The second-order valence-corrected chi connectivity index (χ2v) is 6.88. The van der Waals surface area contributed by atoms with Crippen LogP contribution in [0, 0.1) is 5.92 Å². The van der Waals surface area contributed by atoms with Gasteiger partial charge in [0.2, 0.25) is 0 Å². The smallest absolute Gasteiger partial charge is 0.321 e. The fraction of sp³-hybridized carbons (Fsp3) is 0.429. The highest BCUT2D eigenvalue weighted by molar-refractivity contribution is 9.11. The van der Waals surface area contributed by atoms with Crippen LogP contribution in [0.2, 0.25) is 0 Å². The summed E-state index contributed by atoms with van der Waals surface area (Å²) in [5.41, 5.74) is 0.690. The van der Waals surface area contributed by atoms with Crippen molar-refractivity contribution in [1.29, 1.82) is 0 Å². The van der Waals surface area contributed by atoms with Crippen LogP contribution in [0.25, 0.3) is 0 Å². The number of piperidine rings is 1. The van der Waals surface area contributed by atoms with Crippen LogP contribution in [0.4, 0.5) is 10.5 Å². The van der Waals surface area contributed by atoms with E-state index in [2.05, 4.69) is 37.2 Å². The van der Waals surface area contributed by atoms with Crippen LogP contribution in [0.5, 0.6) is 0 Å². The average Bonchev–Trinajstić information content (AvgIpc) is 2.42. The van der Waals surface area contributed by atoms with Gasteiger partial charge in [0.15, 0.2) is 0 Å². The topological polar surface area (TPSA) is 69.6 Å². The van der Waals surface area contributed by atoms with Crippen molar-refractivity contribution >= 4 is 49.5 Å². The number of carbonyl (C=O) groups is 2. The highest BCUT2D eigenvalue weighted by atomic mass is 79.9. The highest BCUT2D eigenvalue weighted by Crippen LogP contribution is 2.27. The quantitative estimate of drug-likeness (QED) is 0.779. The molecular weight excluding hydrogens is 404 g/mol. The van der Waals surface area contributed by atoms with Gasteiger partial charge >= 0.3 is 12.0 Å². The summed E-state index contributed by atoms with van der Waals surface area (Å²) >= 11 is 6.76. The largest absolute Gasteiger partial charge is 0.481 e. The summed E-state index contributed by atoms with van der Waals surface area (Å²) in [6.45, 7) is 1.15. The molecule has 7 heteroatoms. The van der Waals surface area contributed by atoms with Gasteiger partial charge < -0.3 is 15.3 Å². The molecule has 0 bridgehead atoms. The van der Waals surface area contributed by atoms with Gasteiger partial charge in [-0.05, 0) is 52.9 Å². The third-order valence-electron chi connectivity index (χ3n) is 3.44. The Morgan fingerprint density at radius 1 is 1.38 bits per heavy atom. The number of amides is 2. The number of halogens is 2. The molecule has 2 rings (SSSR count). The molecule has 21 heavy (non-hydrogen) atoms. The minimum absolute atomic E-state index is 0.0351. The summed E-state index contributed by atoms with van der Waals surface area (Å²) in [6, 6.07) is 5.36. The molecule has 2 amide bonds. The number of hydrogen-bond acceptors (Lipinski definition) is 2. The highest BCUT2D eigenvalue weighted by Gasteiger charge is 2.25. The molecule has 0 aromatic heterocycles. The lowest BCUT2D eigenvalue weighted by Crippen LogP contribution is -2.42. The van der Waals surface area contributed by atoms with E-state index in [0.717, 1.165) is 21.8 Å². The zero-order valence-corrected chi connectivity index (χ0v) is 14.5. The number of nitrogens with zero attached hydrogens (tertiary/aromatic N) is 1. The van der Waals surface area contributed by atoms with Crippen molar-refractivity contribution in [2.24, 2.45) is 5.92 Å². The van der Waals surface area contributed by atoms with Crippen LogP contribution >= 0.6 is 31.9 Å². The van der Waals surface area contributed by atoms with Gasteiger partial charge in [-0.15, -0.1) is 0 Å². The van der Waals surface area contributed by atoms with Crippen LogP contribution in [-0.2, 0) is 4.79 Å². The number of aliphatic carboxylic acids is 1. The Kier molecular flexibility index (Phi) is 5.64. The van der Waals surface area contributed by atoms with Gasteiger partial charge in [0, 0.05) is 28.5 Å². The van der Waals surface area contributed by atoms with Crippen molar-refractivity contribution in [2.45, 2.75) is 19.3 Å². The molecule has 0 radical (unpaired) electrons. The summed E-state index contributed by atoms with van der Waals surface area (Å²) in [4.78, 5) is 24.8. The van der Waals surface area contributed by atoms with Crippen LogP contribution < -0.4 is 5.32 Å². The summed E-state index contributed by atoms with van der Waals surface area (Å²) in [5.74, 6) is -0.773. The van der Waals surface area contributed by atoms with Gasteiger partial charge in [-0.3, -0.25) is 4.79 Å². The van der Waals surface area contributed by atoms with E-state index in [-0.39, 0.29) is 18.4 Å². The van der Waals surface area contributed by atoms with E-state index < -0.39 is 5.97 Å². The van der Waals surface area contributed by atoms with Crippen LogP contribution in [0.1, 0.15) is 19.3 Å². The predicted molar refractivity (Wildman–Crippen MR) is 87.4 cm³/mol. The van der Waals surface area contributed by atoms with Crippen molar-refractivity contribution < 1.29 is 14.7 Å². The van der Waals surface area contributed by atoms with Crippen molar-refractivity contribution in [3.8, 4) is 0 Å². The second-order valence-electron chi connectivity index (χ2n) is 5.11. The Morgan fingerprint density at radius 3 is 2.86 bits per heavy atom. The minimum atomic E-state index is -0.808. The molecule has 1 fully saturated rings. The number of benzene rings is 1. The SMILES string of the molecule is O=C(O)CC1CCCN(C(=O)Nc2cc(Br)ccc2Br)C1. The molecule has 1 aliphatic rings. The van der Waals surface area contributed by atoms with Crippen molar-refractivity contribution in [3.63, 3.8) is 0 Å². The number of carbonyl (C=O) groups excluding carboxylic acids is 1. The predicted octanol–water partition coefficient (Wildman–Crippen LogP) is 3.93. The molecule has 1 aliphatic heterocycles. The number of carboxylic acids is 1. The molecule has 1 atom stereocenters. The van der Waals surface area contributed by atoms with Crippen LogP contribution in [0.3, 0.4) is 0 Å². The first-order valence-electron chi connectivity index (χ1n) is 6.68. The Balaban J connectivity index is 1.99. The zero-order valence-electron chi connectivity index (χ0n) is 11.3. The number of hydrogen-bond donors (Lipinski definition) is 2. The summed E-state index contributed by atoms with van der Waals surface area (Å²) in [7, 11) is 0. The lowest BCUT2D eigenvalue weighted by Gasteiger charge is -2.32. The maximum atomic E-state index is 12.3. The van der Waals surface area contributed by atoms with E-state index in [1.165, 1.54) is 0 Å². The molecule has 114 valence electrons. The molecule has 1 unspecified atom stereocenters. The van der Waals surface area contributed by atoms with Crippen molar-refractivity contribution in [1.82, 2.24) is 4.90 Å². The molecule has 0 aliphatic carbocycles. The monoisotopic (exact) mass is 418 g/mol. The maximum Gasteiger partial charge on any atom is 0.321 e. The second kappa shape index (κ2) is 7.26. The van der Waals surface area contributed by atoms with E-state index in [4.69, 9.17) is 5.11 Å². The Hall–Kier alpha value is -1.08. The van der Waals surface area contributed by atoms with Crippen molar-refractivity contribution in [2.75, 3.05) is 18.4 Å². The number of carboxylic acid groups (broad SMARTS) is 1. The van der Waals surface area contributed by atoms with Gasteiger partial charge in [0.1, 0.15) is 0 Å². The maximum absolute atomic E-state index is 12.3. The van der Waals surface area contributed by atoms with Crippen molar-refractivity contribution in [3.05, 3.63) is 27.1 Å². The summed E-state index contributed by atoms with van der Waals surface area (Å²) in [5, 5.41) is 11.7. The molecular formula is C14H16Br2N2O3. The number of nitrogens with one attached hydrogen (secondary N) is 1. The van der Waals surface area contributed by atoms with Gasteiger partial charge in [-0.2, -0.15) is 0 Å². The molecule has 0 saturated carbocycles. The summed E-state index contributed by atoms with van der Waals surface area (Å²) < 4.78 is 1.68. The van der Waals surface area contributed by atoms with Gasteiger partial charge in [0.25, 0.3) is 0 Å². The van der Waals surface area contributed by atoms with E-state index in [0.29, 0.717) is 18.8 Å². The molecule has 1 saturated heterocycles. The number of urea groups is 1. The molecule has 1 aromatic rings. The summed E-state index contributed by atoms with van der Waals surface area (Å²) in [6.07, 6.45) is 1.81. The van der Waals surface area contributed by atoms with E-state index >= 15 is 0 Å². The Morgan fingerprint density at radius 2 is 2.14 bits per heavy atom. The third-order valence-corrected chi connectivity index (χ3v) is 4.62. The number of likely N-dealkylation sites (tertiary alicyclic amines) is 1. The normalized spacial score (nSPS) is 18.4. The first kappa shape index (κ1) is 16.3. The first-order chi connectivity index (χ1) is 9.95. The van der Waals surface area contributed by atoms with Gasteiger partial charge in [-0.1, -0.05) is 15.9 Å². The fourth-order valence-corrected chi connectivity index (χ4v) is 3.16. The zero-order chi connectivity index (χ0) is 15.4. The molecule has 1 heterocycles.